The van der Waals surface area contributed by atoms with Crippen molar-refractivity contribution in [2.75, 3.05) is 7.05 Å². The molecule has 0 aliphatic heterocycles. The molecule has 0 aliphatic carbocycles. The number of rotatable bonds is 5. The van der Waals surface area contributed by atoms with Crippen LogP contribution in [0.25, 0.3) is 11.1 Å². The van der Waals surface area contributed by atoms with Gasteiger partial charge in [-0.05, 0) is 38.4 Å². The predicted molar refractivity (Wildman–Crippen MR) is 75.6 cm³/mol. The summed E-state index contributed by atoms with van der Waals surface area (Å²) in [6, 6.07) is 9.27. The Morgan fingerprint density at radius 3 is 2.50 bits per heavy atom. The summed E-state index contributed by atoms with van der Waals surface area (Å²) >= 11 is 0. The minimum atomic E-state index is 0.513. The van der Waals surface area contributed by atoms with E-state index >= 15 is 0 Å². The van der Waals surface area contributed by atoms with Gasteiger partial charge in [-0.2, -0.15) is 5.10 Å². The summed E-state index contributed by atoms with van der Waals surface area (Å²) in [6.07, 6.45) is 5.07. The van der Waals surface area contributed by atoms with Crippen molar-refractivity contribution in [2.24, 2.45) is 0 Å². The standard InChI is InChI=1S/C15H21N3/c1-4-18-11-15(10-17-18)14-7-5-13(6-8-14)9-12(2)16-3/h5-8,10-12,16H,4,9H2,1-3H3. The SMILES string of the molecule is CCn1cc(-c2ccc(CC(C)NC)cc2)cn1. The molecule has 2 rings (SSSR count). The van der Waals surface area contributed by atoms with Crippen LogP contribution in [-0.4, -0.2) is 22.9 Å². The minimum absolute atomic E-state index is 0.513. The second-order valence-electron chi connectivity index (χ2n) is 4.68. The van der Waals surface area contributed by atoms with E-state index in [4.69, 9.17) is 0 Å². The van der Waals surface area contributed by atoms with E-state index in [1.807, 2.05) is 17.9 Å². The van der Waals surface area contributed by atoms with E-state index in [1.165, 1.54) is 16.7 Å². The summed E-state index contributed by atoms with van der Waals surface area (Å²) in [5.41, 5.74) is 3.78. The van der Waals surface area contributed by atoms with Crippen LogP contribution < -0.4 is 5.32 Å². The minimum Gasteiger partial charge on any atom is -0.317 e. The van der Waals surface area contributed by atoms with Crippen molar-refractivity contribution in [3.05, 3.63) is 42.2 Å². The molecule has 3 nitrogen and oxygen atoms in total. The highest BCUT2D eigenvalue weighted by Gasteiger charge is 2.03. The van der Waals surface area contributed by atoms with Crippen molar-refractivity contribution in [2.45, 2.75) is 32.9 Å². The zero-order chi connectivity index (χ0) is 13.0. The maximum atomic E-state index is 4.30. The molecule has 1 aromatic heterocycles. The number of aryl methyl sites for hydroxylation is 1. The third-order valence-electron chi connectivity index (χ3n) is 3.28. The smallest absolute Gasteiger partial charge is 0.0568 e. The molecule has 0 bridgehead atoms. The van der Waals surface area contributed by atoms with Crippen LogP contribution in [0.3, 0.4) is 0 Å². The van der Waals surface area contributed by atoms with E-state index in [0.29, 0.717) is 6.04 Å². The Morgan fingerprint density at radius 1 is 1.22 bits per heavy atom. The highest BCUT2D eigenvalue weighted by Crippen LogP contribution is 2.19. The predicted octanol–water partition coefficient (Wildman–Crippen LogP) is 2.72. The third-order valence-corrected chi connectivity index (χ3v) is 3.28. The summed E-state index contributed by atoms with van der Waals surface area (Å²) < 4.78 is 1.95. The average Bonchev–Trinajstić information content (AvgIpc) is 2.88. The largest absolute Gasteiger partial charge is 0.317 e. The molecule has 0 radical (unpaired) electrons. The molecule has 0 aliphatic rings. The molecular formula is C15H21N3. The lowest BCUT2D eigenvalue weighted by Crippen LogP contribution is -2.23. The first-order valence-corrected chi connectivity index (χ1v) is 6.52. The average molecular weight is 243 g/mol. The lowest BCUT2D eigenvalue weighted by atomic mass is 10.0. The maximum Gasteiger partial charge on any atom is 0.0568 e. The Morgan fingerprint density at radius 2 is 1.94 bits per heavy atom. The molecule has 1 heterocycles. The lowest BCUT2D eigenvalue weighted by Gasteiger charge is -2.10. The van der Waals surface area contributed by atoms with Gasteiger partial charge in [-0.25, -0.2) is 0 Å². The van der Waals surface area contributed by atoms with Gasteiger partial charge in [0.25, 0.3) is 0 Å². The maximum absolute atomic E-state index is 4.30. The first kappa shape index (κ1) is 12.8. The molecule has 18 heavy (non-hydrogen) atoms. The van der Waals surface area contributed by atoms with Crippen LogP contribution in [0.1, 0.15) is 19.4 Å². The van der Waals surface area contributed by atoms with Gasteiger partial charge in [0.05, 0.1) is 6.20 Å². The molecule has 0 saturated carbocycles. The van der Waals surface area contributed by atoms with Gasteiger partial charge in [-0.3, -0.25) is 4.68 Å². The molecule has 96 valence electrons. The van der Waals surface area contributed by atoms with Gasteiger partial charge in [0.1, 0.15) is 0 Å². The Hall–Kier alpha value is -1.61. The van der Waals surface area contributed by atoms with Gasteiger partial charge >= 0.3 is 0 Å². The van der Waals surface area contributed by atoms with Crippen molar-refractivity contribution in [1.82, 2.24) is 15.1 Å². The molecule has 3 heteroatoms. The molecule has 2 aromatic rings. The monoisotopic (exact) mass is 243 g/mol. The van der Waals surface area contributed by atoms with Crippen LogP contribution in [0, 0.1) is 0 Å². The first-order valence-electron chi connectivity index (χ1n) is 6.52. The van der Waals surface area contributed by atoms with Gasteiger partial charge < -0.3 is 5.32 Å². The Bertz CT molecular complexity index is 485. The molecule has 1 unspecified atom stereocenters. The Labute approximate surface area is 109 Å². The van der Waals surface area contributed by atoms with Gasteiger partial charge in [0.2, 0.25) is 0 Å². The Kier molecular flexibility index (Phi) is 4.15. The summed E-state index contributed by atoms with van der Waals surface area (Å²) in [5, 5.41) is 7.56. The zero-order valence-electron chi connectivity index (χ0n) is 11.4. The fourth-order valence-electron chi connectivity index (χ4n) is 1.97. The van der Waals surface area contributed by atoms with E-state index in [2.05, 4.69) is 54.7 Å². The van der Waals surface area contributed by atoms with Crippen LogP contribution in [0.2, 0.25) is 0 Å². The van der Waals surface area contributed by atoms with E-state index in [0.717, 1.165) is 13.0 Å². The number of aromatic nitrogens is 2. The summed E-state index contributed by atoms with van der Waals surface area (Å²) in [4.78, 5) is 0. The third kappa shape index (κ3) is 2.99. The van der Waals surface area contributed by atoms with Crippen molar-refractivity contribution in [3.63, 3.8) is 0 Å². The second-order valence-corrected chi connectivity index (χ2v) is 4.68. The molecule has 0 amide bonds. The first-order chi connectivity index (χ1) is 8.72. The molecule has 0 spiro atoms. The fraction of sp³-hybridized carbons (Fsp3) is 0.400. The van der Waals surface area contributed by atoms with E-state index in [9.17, 15) is 0 Å². The van der Waals surface area contributed by atoms with E-state index < -0.39 is 0 Å². The van der Waals surface area contributed by atoms with Crippen LogP contribution in [0.5, 0.6) is 0 Å². The van der Waals surface area contributed by atoms with Crippen molar-refractivity contribution in [1.29, 1.82) is 0 Å². The highest BCUT2D eigenvalue weighted by molar-refractivity contribution is 5.61. The van der Waals surface area contributed by atoms with Gasteiger partial charge in [-0.15, -0.1) is 0 Å². The lowest BCUT2D eigenvalue weighted by molar-refractivity contribution is 0.608. The zero-order valence-corrected chi connectivity index (χ0v) is 11.4. The topological polar surface area (TPSA) is 29.9 Å². The van der Waals surface area contributed by atoms with Gasteiger partial charge in [0, 0.05) is 24.3 Å². The van der Waals surface area contributed by atoms with Crippen molar-refractivity contribution >= 4 is 0 Å². The number of hydrogen-bond donors (Lipinski definition) is 1. The number of hydrogen-bond acceptors (Lipinski definition) is 2. The number of likely N-dealkylation sites (N-methyl/N-ethyl adjacent to an activating group) is 1. The van der Waals surface area contributed by atoms with E-state index in [-0.39, 0.29) is 0 Å². The molecule has 0 fully saturated rings. The number of benzene rings is 1. The van der Waals surface area contributed by atoms with Crippen molar-refractivity contribution < 1.29 is 0 Å². The normalized spacial score (nSPS) is 12.6. The number of nitrogens with zero attached hydrogens (tertiary/aromatic N) is 2. The fourth-order valence-corrected chi connectivity index (χ4v) is 1.97. The van der Waals surface area contributed by atoms with Crippen molar-refractivity contribution in [3.8, 4) is 11.1 Å². The molecule has 1 atom stereocenters. The summed E-state index contributed by atoms with van der Waals surface area (Å²) in [5.74, 6) is 0. The van der Waals surface area contributed by atoms with Gasteiger partial charge in [-0.1, -0.05) is 24.3 Å². The summed E-state index contributed by atoms with van der Waals surface area (Å²) in [6.45, 7) is 5.20. The Balaban J connectivity index is 2.11. The van der Waals surface area contributed by atoms with Crippen LogP contribution >= 0.6 is 0 Å². The second kappa shape index (κ2) is 5.83. The highest BCUT2D eigenvalue weighted by atomic mass is 15.3. The molecule has 1 aromatic carbocycles. The van der Waals surface area contributed by atoms with Crippen LogP contribution in [-0.2, 0) is 13.0 Å². The molecule has 1 N–H and O–H groups in total. The summed E-state index contributed by atoms with van der Waals surface area (Å²) in [7, 11) is 2.00. The van der Waals surface area contributed by atoms with E-state index in [1.54, 1.807) is 0 Å². The van der Waals surface area contributed by atoms with Crippen LogP contribution in [0.4, 0.5) is 0 Å². The van der Waals surface area contributed by atoms with Gasteiger partial charge in [0.15, 0.2) is 0 Å². The van der Waals surface area contributed by atoms with Crippen LogP contribution in [0.15, 0.2) is 36.7 Å². The number of nitrogens with one attached hydrogen (secondary N) is 1. The molecule has 0 saturated heterocycles. The quantitative estimate of drug-likeness (QED) is 0.875. The molecular weight excluding hydrogens is 222 g/mol.